The van der Waals surface area contributed by atoms with Gasteiger partial charge in [0.1, 0.15) is 11.5 Å². The molecule has 0 aliphatic heterocycles. The molecule has 0 unspecified atom stereocenters. The summed E-state index contributed by atoms with van der Waals surface area (Å²) < 4.78 is 13.2. The zero-order chi connectivity index (χ0) is 19.8. The van der Waals surface area contributed by atoms with Gasteiger partial charge in [-0.2, -0.15) is 0 Å². The second-order valence-electron chi connectivity index (χ2n) is 6.10. The lowest BCUT2D eigenvalue weighted by Gasteiger charge is -2.11. The third-order valence-corrected chi connectivity index (χ3v) is 4.01. The summed E-state index contributed by atoms with van der Waals surface area (Å²) in [6, 6.07) is 23.7. The van der Waals surface area contributed by atoms with Crippen LogP contribution in [0.15, 0.2) is 90.6 Å². The summed E-state index contributed by atoms with van der Waals surface area (Å²) in [4.78, 5) is 25.2. The van der Waals surface area contributed by atoms with Gasteiger partial charge in [-0.25, -0.2) is 4.39 Å². The van der Waals surface area contributed by atoms with Gasteiger partial charge in [-0.15, -0.1) is 0 Å². The predicted octanol–water partition coefficient (Wildman–Crippen LogP) is 3.91. The van der Waals surface area contributed by atoms with Crippen LogP contribution in [0.1, 0.15) is 21.5 Å². The van der Waals surface area contributed by atoms with Crippen LogP contribution < -0.4 is 10.6 Å². The molecule has 0 fully saturated rings. The minimum absolute atomic E-state index is 0.0800. The summed E-state index contributed by atoms with van der Waals surface area (Å²) in [6.07, 6.45) is 1.51. The summed E-state index contributed by atoms with van der Waals surface area (Å²) in [5.41, 5.74) is 2.05. The highest BCUT2D eigenvalue weighted by Crippen LogP contribution is 2.09. The van der Waals surface area contributed by atoms with Crippen molar-refractivity contribution in [2.24, 2.45) is 0 Å². The molecule has 3 aromatic carbocycles. The highest BCUT2D eigenvalue weighted by Gasteiger charge is 2.14. The van der Waals surface area contributed by atoms with Crippen LogP contribution in [0.2, 0.25) is 0 Å². The first-order chi connectivity index (χ1) is 13.6. The predicted molar refractivity (Wildman–Crippen MR) is 107 cm³/mol. The minimum atomic E-state index is -0.433. The van der Waals surface area contributed by atoms with Crippen molar-refractivity contribution in [3.8, 4) is 0 Å². The van der Waals surface area contributed by atoms with E-state index in [-0.39, 0.29) is 11.5 Å². The van der Waals surface area contributed by atoms with Crippen molar-refractivity contribution in [1.29, 1.82) is 0 Å². The number of nitrogens with one attached hydrogen (secondary N) is 2. The molecule has 0 bridgehead atoms. The maximum absolute atomic E-state index is 13.2. The number of amides is 2. The van der Waals surface area contributed by atoms with Gasteiger partial charge in [0, 0.05) is 12.1 Å². The lowest BCUT2D eigenvalue weighted by atomic mass is 10.1. The molecule has 0 saturated carbocycles. The van der Waals surface area contributed by atoms with Crippen LogP contribution in [-0.4, -0.2) is 11.8 Å². The van der Waals surface area contributed by atoms with Gasteiger partial charge >= 0.3 is 0 Å². The van der Waals surface area contributed by atoms with E-state index in [1.807, 2.05) is 30.3 Å². The molecule has 5 heteroatoms. The van der Waals surface area contributed by atoms with Crippen molar-refractivity contribution in [3.05, 3.63) is 113 Å². The maximum Gasteiger partial charge on any atom is 0.268 e. The van der Waals surface area contributed by atoms with E-state index in [0.29, 0.717) is 17.7 Å². The zero-order valence-corrected chi connectivity index (χ0v) is 15.1. The van der Waals surface area contributed by atoms with Gasteiger partial charge in [-0.05, 0) is 41.5 Å². The number of carbonyl (C=O) groups excluding carboxylic acids is 2. The second-order valence-corrected chi connectivity index (χ2v) is 6.10. The molecule has 2 N–H and O–H groups in total. The fourth-order valence-electron chi connectivity index (χ4n) is 2.54. The van der Waals surface area contributed by atoms with Crippen molar-refractivity contribution in [2.45, 2.75) is 6.54 Å². The molecule has 2 amide bonds. The molecule has 3 aromatic rings. The molecule has 0 radical (unpaired) electrons. The summed E-state index contributed by atoms with van der Waals surface area (Å²) in [6.45, 7) is 0.321. The lowest BCUT2D eigenvalue weighted by molar-refractivity contribution is -0.117. The molecule has 4 nitrogen and oxygen atoms in total. The molecule has 0 heterocycles. The van der Waals surface area contributed by atoms with Crippen molar-refractivity contribution in [3.63, 3.8) is 0 Å². The van der Waals surface area contributed by atoms with E-state index >= 15 is 0 Å². The second kappa shape index (κ2) is 9.28. The Morgan fingerprint density at radius 3 is 2.07 bits per heavy atom. The van der Waals surface area contributed by atoms with E-state index < -0.39 is 11.8 Å². The van der Waals surface area contributed by atoms with E-state index in [0.717, 1.165) is 5.56 Å². The van der Waals surface area contributed by atoms with Crippen molar-refractivity contribution >= 4 is 17.9 Å². The normalized spacial score (nSPS) is 11.0. The molecule has 0 spiro atoms. The summed E-state index contributed by atoms with van der Waals surface area (Å²) >= 11 is 0. The van der Waals surface area contributed by atoms with Crippen LogP contribution in [0.25, 0.3) is 6.08 Å². The molecule has 140 valence electrons. The van der Waals surface area contributed by atoms with Gasteiger partial charge in [-0.1, -0.05) is 60.7 Å². The molecule has 0 aliphatic carbocycles. The SMILES string of the molecule is O=C(NCc1ccccc1)/C(=C\c1ccc(F)cc1)NC(=O)c1ccccc1. The monoisotopic (exact) mass is 374 g/mol. The molecule has 0 saturated heterocycles. The molecule has 0 atom stereocenters. The molecule has 0 aliphatic rings. The Morgan fingerprint density at radius 2 is 1.43 bits per heavy atom. The van der Waals surface area contributed by atoms with Gasteiger partial charge < -0.3 is 10.6 Å². The largest absolute Gasteiger partial charge is 0.347 e. The minimum Gasteiger partial charge on any atom is -0.347 e. The van der Waals surface area contributed by atoms with Crippen molar-refractivity contribution < 1.29 is 14.0 Å². The van der Waals surface area contributed by atoms with Gasteiger partial charge in [0.15, 0.2) is 0 Å². The van der Waals surface area contributed by atoms with Gasteiger partial charge in [0.2, 0.25) is 0 Å². The highest BCUT2D eigenvalue weighted by molar-refractivity contribution is 6.05. The average molecular weight is 374 g/mol. The van der Waals surface area contributed by atoms with E-state index in [1.54, 1.807) is 30.3 Å². The van der Waals surface area contributed by atoms with Crippen LogP contribution in [-0.2, 0) is 11.3 Å². The Morgan fingerprint density at radius 1 is 0.821 bits per heavy atom. The van der Waals surface area contributed by atoms with Crippen molar-refractivity contribution in [1.82, 2.24) is 10.6 Å². The smallest absolute Gasteiger partial charge is 0.268 e. The summed E-state index contributed by atoms with van der Waals surface area (Å²) in [7, 11) is 0. The molecular weight excluding hydrogens is 355 g/mol. The number of hydrogen-bond donors (Lipinski definition) is 2. The van der Waals surface area contributed by atoms with E-state index in [1.165, 1.54) is 30.3 Å². The number of halogens is 1. The quantitative estimate of drug-likeness (QED) is 0.643. The molecule has 0 aromatic heterocycles. The molecular formula is C23H19FN2O2. The van der Waals surface area contributed by atoms with E-state index in [2.05, 4.69) is 10.6 Å². The standard InChI is InChI=1S/C23H19FN2O2/c24-20-13-11-17(12-14-20)15-21(26-22(27)19-9-5-2-6-10-19)23(28)25-16-18-7-3-1-4-8-18/h1-15H,16H2,(H,25,28)(H,26,27)/b21-15+. The van der Waals surface area contributed by atoms with Gasteiger partial charge in [0.25, 0.3) is 11.8 Å². The number of rotatable bonds is 6. The highest BCUT2D eigenvalue weighted by atomic mass is 19.1. The lowest BCUT2D eigenvalue weighted by Crippen LogP contribution is -2.34. The van der Waals surface area contributed by atoms with Crippen LogP contribution in [0.5, 0.6) is 0 Å². The van der Waals surface area contributed by atoms with E-state index in [9.17, 15) is 14.0 Å². The first-order valence-corrected chi connectivity index (χ1v) is 8.77. The Labute approximate surface area is 162 Å². The van der Waals surface area contributed by atoms with Gasteiger partial charge in [0.05, 0.1) is 0 Å². The first kappa shape index (κ1) is 19.0. The number of benzene rings is 3. The third-order valence-electron chi connectivity index (χ3n) is 4.01. The first-order valence-electron chi connectivity index (χ1n) is 8.77. The molecule has 3 rings (SSSR count). The third kappa shape index (κ3) is 5.38. The maximum atomic E-state index is 13.2. The van der Waals surface area contributed by atoms with E-state index in [4.69, 9.17) is 0 Å². The summed E-state index contributed by atoms with van der Waals surface area (Å²) in [5.74, 6) is -1.21. The Kier molecular flexibility index (Phi) is 6.31. The Bertz CT molecular complexity index is 969. The van der Waals surface area contributed by atoms with Crippen LogP contribution >= 0.6 is 0 Å². The molecule has 28 heavy (non-hydrogen) atoms. The van der Waals surface area contributed by atoms with Gasteiger partial charge in [-0.3, -0.25) is 9.59 Å². The zero-order valence-electron chi connectivity index (χ0n) is 15.1. The summed E-state index contributed by atoms with van der Waals surface area (Å²) in [5, 5.41) is 5.44. The number of carbonyl (C=O) groups is 2. The van der Waals surface area contributed by atoms with Crippen LogP contribution in [0.3, 0.4) is 0 Å². The fourth-order valence-corrected chi connectivity index (χ4v) is 2.54. The number of hydrogen-bond acceptors (Lipinski definition) is 2. The average Bonchev–Trinajstić information content (AvgIpc) is 2.74. The Balaban J connectivity index is 1.80. The Hall–Kier alpha value is -3.73. The van der Waals surface area contributed by atoms with Crippen molar-refractivity contribution in [2.75, 3.05) is 0 Å². The van der Waals surface area contributed by atoms with Crippen LogP contribution in [0, 0.1) is 5.82 Å². The fraction of sp³-hybridized carbons (Fsp3) is 0.0435. The topological polar surface area (TPSA) is 58.2 Å². The van der Waals surface area contributed by atoms with Crippen LogP contribution in [0.4, 0.5) is 4.39 Å².